The van der Waals surface area contributed by atoms with Crippen LogP contribution in [0.3, 0.4) is 0 Å². The molecule has 1 spiro atoms. The fraction of sp³-hybridized carbons (Fsp3) is 0.381. The van der Waals surface area contributed by atoms with E-state index in [1.165, 1.54) is 119 Å². The van der Waals surface area contributed by atoms with E-state index in [0.29, 0.717) is 0 Å². The van der Waals surface area contributed by atoms with Crippen molar-refractivity contribution in [2.45, 2.75) is 90.9 Å². The first-order valence-corrected chi connectivity index (χ1v) is 18.5. The molecular weight excluding hydrogens is 575 g/mol. The molecule has 0 N–H and O–H groups in total. The van der Waals surface area contributed by atoms with E-state index in [0.717, 1.165) is 37.4 Å². The van der Waals surface area contributed by atoms with Gasteiger partial charge in [0.1, 0.15) is 6.54 Å². The number of hydrogen-bond acceptors (Lipinski definition) is 3. The summed E-state index contributed by atoms with van der Waals surface area (Å²) in [5, 5.41) is 8.72. The van der Waals surface area contributed by atoms with Crippen LogP contribution in [0.5, 0.6) is 11.5 Å². The van der Waals surface area contributed by atoms with Crippen LogP contribution in [0.25, 0.3) is 38.4 Å². The van der Waals surface area contributed by atoms with Gasteiger partial charge in [-0.05, 0) is 42.3 Å². The standard InChI is InChI=1S/C42H48BN2O2/c1-3-5-7-9-11-13-27-44-37-29-39(35-25-17-21-31-19-15-23-33(37)41(31)35)46-43(44)45(28-14-12-10-8-6-4-2)38-30-40(47-43)36-26-18-22-32-20-16-24-34(38)42(32)36/h15-26,29-30H,3-14,27-28H2,1-2H3/q-1. The molecule has 4 bridgehead atoms. The van der Waals surface area contributed by atoms with Crippen molar-refractivity contribution in [1.82, 2.24) is 4.49 Å². The molecule has 47 heavy (non-hydrogen) atoms. The van der Waals surface area contributed by atoms with Crippen molar-refractivity contribution in [3.63, 3.8) is 0 Å². The third-order valence-corrected chi connectivity index (χ3v) is 10.9. The summed E-state index contributed by atoms with van der Waals surface area (Å²) in [6.45, 7) is 4.28. The Labute approximate surface area is 280 Å². The molecule has 1 atom stereocenters. The number of fused-ring (bicyclic) bond motifs is 8. The summed E-state index contributed by atoms with van der Waals surface area (Å²) in [5.74, 6) is 1.87. The fourth-order valence-electron chi connectivity index (χ4n) is 8.57. The van der Waals surface area contributed by atoms with Crippen molar-refractivity contribution >= 4 is 50.9 Å². The molecule has 5 aromatic carbocycles. The van der Waals surface area contributed by atoms with Crippen LogP contribution in [0, 0.1) is 6.42 Å². The Bertz CT molecular complexity index is 2030. The molecule has 0 aromatic heterocycles. The first-order chi connectivity index (χ1) is 23.2. The van der Waals surface area contributed by atoms with Gasteiger partial charge in [0.15, 0.2) is 5.36 Å². The summed E-state index contributed by atoms with van der Waals surface area (Å²) in [6, 6.07) is 24.6. The van der Waals surface area contributed by atoms with Crippen molar-refractivity contribution in [2.24, 2.45) is 0 Å². The summed E-state index contributed by atoms with van der Waals surface area (Å²) in [6.07, 6.45) is 21.7. The van der Waals surface area contributed by atoms with E-state index in [1.54, 1.807) is 0 Å². The van der Waals surface area contributed by atoms with Crippen LogP contribution in [0.2, 0.25) is 0 Å². The van der Waals surface area contributed by atoms with Gasteiger partial charge < -0.3 is 18.6 Å². The minimum Gasteiger partial charge on any atom is -0.603 e. The Morgan fingerprint density at radius 2 is 1.32 bits per heavy atom. The Balaban J connectivity index is 1.31. The minimum absolute atomic E-state index is 0.892. The zero-order valence-electron chi connectivity index (χ0n) is 28.3. The molecule has 0 amide bonds. The lowest BCUT2D eigenvalue weighted by Gasteiger charge is -2.54. The second kappa shape index (κ2) is 12.8. The average Bonchev–Trinajstić information content (AvgIpc) is 3.10. The Hall–Kier alpha value is -4.12. The topological polar surface area (TPSA) is 24.7 Å². The molecule has 4 nitrogen and oxygen atoms in total. The van der Waals surface area contributed by atoms with E-state index in [9.17, 15) is 0 Å². The van der Waals surface area contributed by atoms with Gasteiger partial charge in [0.25, 0.3) is 0 Å². The van der Waals surface area contributed by atoms with Gasteiger partial charge in [-0.15, -0.1) is 29.7 Å². The lowest BCUT2D eigenvalue weighted by atomic mass is 9.75. The maximum Gasteiger partial charge on any atom is 0.762 e. The Morgan fingerprint density at radius 3 is 2.09 bits per heavy atom. The first-order valence-electron chi connectivity index (χ1n) is 18.5. The van der Waals surface area contributed by atoms with Crippen LogP contribution in [0.1, 0.15) is 102 Å². The molecule has 5 aromatic rings. The number of nitrogens with zero attached hydrogens (tertiary/aromatic N) is 2. The van der Waals surface area contributed by atoms with E-state index >= 15 is 0 Å². The van der Waals surface area contributed by atoms with Gasteiger partial charge in [0.05, 0.1) is 11.5 Å². The second-order valence-electron chi connectivity index (χ2n) is 14.0. The van der Waals surface area contributed by atoms with Gasteiger partial charge in [-0.1, -0.05) is 131 Å². The molecule has 8 rings (SSSR count). The predicted molar refractivity (Wildman–Crippen MR) is 200 cm³/mol. The summed E-state index contributed by atoms with van der Waals surface area (Å²) in [7, 11) is 0. The summed E-state index contributed by atoms with van der Waals surface area (Å²) in [5.41, 5.74) is 3.79. The summed E-state index contributed by atoms with van der Waals surface area (Å²) in [4.78, 5) is 2.55. The maximum absolute atomic E-state index is 7.47. The SMILES string of the molecule is CCCCCCCCN1c2cc(c3cccc4c3c2[CH-]C=C4)O[B-]12Oc1cc(c3cccc4cccc1c43)=[N+]2CCCCCCCC. The number of anilines is 1. The highest BCUT2D eigenvalue weighted by Gasteiger charge is 2.57. The normalized spacial score (nSPS) is 17.5. The van der Waals surface area contributed by atoms with E-state index in [2.05, 4.69) is 108 Å². The largest absolute Gasteiger partial charge is 0.762 e. The first kappa shape index (κ1) is 30.2. The molecule has 3 aliphatic rings. The molecule has 0 fully saturated rings. The van der Waals surface area contributed by atoms with Crippen LogP contribution >= 0.6 is 0 Å². The molecule has 2 aliphatic heterocycles. The second-order valence-corrected chi connectivity index (χ2v) is 14.0. The molecule has 0 radical (unpaired) electrons. The van der Waals surface area contributed by atoms with Gasteiger partial charge >= 0.3 is 6.82 Å². The van der Waals surface area contributed by atoms with Gasteiger partial charge in [0.2, 0.25) is 0 Å². The van der Waals surface area contributed by atoms with Gasteiger partial charge in [-0.2, -0.15) is 0 Å². The number of benzene rings is 5. The van der Waals surface area contributed by atoms with Crippen LogP contribution < -0.4 is 24.0 Å². The monoisotopic (exact) mass is 623 g/mol. The van der Waals surface area contributed by atoms with Crippen LogP contribution in [-0.4, -0.2) is 19.9 Å². The van der Waals surface area contributed by atoms with Gasteiger partial charge in [0, 0.05) is 28.6 Å². The molecule has 1 aliphatic carbocycles. The Kier molecular flexibility index (Phi) is 8.25. The number of unbranched alkanes of at least 4 members (excludes halogenated alkanes) is 10. The van der Waals surface area contributed by atoms with E-state index in [1.807, 2.05) is 0 Å². The van der Waals surface area contributed by atoms with Crippen LogP contribution in [0.15, 0.2) is 72.8 Å². The van der Waals surface area contributed by atoms with E-state index in [-0.39, 0.29) is 0 Å². The zero-order valence-corrected chi connectivity index (χ0v) is 28.3. The molecule has 1 unspecified atom stereocenters. The minimum atomic E-state index is -2.09. The number of allylic oxidation sites excluding steroid dienone is 1. The third kappa shape index (κ3) is 5.14. The van der Waals surface area contributed by atoms with Crippen molar-refractivity contribution in [3.05, 3.63) is 95.7 Å². The predicted octanol–water partition coefficient (Wildman–Crippen LogP) is 10.4. The van der Waals surface area contributed by atoms with E-state index < -0.39 is 6.82 Å². The molecule has 0 saturated heterocycles. The number of hydrogen-bond donors (Lipinski definition) is 0. The van der Waals surface area contributed by atoms with Crippen molar-refractivity contribution < 1.29 is 9.31 Å². The lowest BCUT2D eigenvalue weighted by molar-refractivity contribution is 0.324. The molecular formula is C42H48BN2O2-. The van der Waals surface area contributed by atoms with Crippen molar-refractivity contribution in [1.29, 1.82) is 0 Å². The van der Waals surface area contributed by atoms with Crippen molar-refractivity contribution in [3.8, 4) is 11.5 Å². The number of rotatable bonds is 14. The van der Waals surface area contributed by atoms with Crippen LogP contribution in [0.4, 0.5) is 5.69 Å². The zero-order chi connectivity index (χ0) is 31.8. The third-order valence-electron chi connectivity index (χ3n) is 10.9. The maximum atomic E-state index is 7.47. The van der Waals surface area contributed by atoms with Gasteiger partial charge in [-0.3, -0.25) is 0 Å². The smallest absolute Gasteiger partial charge is 0.603 e. The lowest BCUT2D eigenvalue weighted by Crippen LogP contribution is -2.77. The highest BCUT2D eigenvalue weighted by molar-refractivity contribution is 6.72. The molecule has 2 heterocycles. The van der Waals surface area contributed by atoms with E-state index in [4.69, 9.17) is 9.31 Å². The summed E-state index contributed by atoms with van der Waals surface area (Å²) >= 11 is 0. The molecule has 0 saturated carbocycles. The Morgan fingerprint density at radius 1 is 0.681 bits per heavy atom. The fourth-order valence-corrected chi connectivity index (χ4v) is 8.57. The van der Waals surface area contributed by atoms with Gasteiger partial charge in [-0.25, -0.2) is 0 Å². The summed E-state index contributed by atoms with van der Waals surface area (Å²) < 4.78 is 17.5. The quantitative estimate of drug-likeness (QED) is 0.0699. The average molecular weight is 624 g/mol. The molecule has 242 valence electrons. The molecule has 5 heteroatoms. The highest BCUT2D eigenvalue weighted by Crippen LogP contribution is 2.48. The van der Waals surface area contributed by atoms with Crippen LogP contribution in [-0.2, 0) is 0 Å². The van der Waals surface area contributed by atoms with Crippen molar-refractivity contribution in [2.75, 3.05) is 17.9 Å². The highest BCUT2D eigenvalue weighted by atomic mass is 16.6.